The third kappa shape index (κ3) is 4.18. The number of aromatic nitrogens is 2. The molecular weight excluding hydrogens is 368 g/mol. The Bertz CT molecular complexity index is 987. The zero-order valence-electron chi connectivity index (χ0n) is 16.9. The predicted octanol–water partition coefficient (Wildman–Crippen LogP) is 3.26. The minimum atomic E-state index is -0.244. The highest BCUT2D eigenvalue weighted by atomic mass is 16.5. The highest BCUT2D eigenvalue weighted by Crippen LogP contribution is 2.27. The molecule has 7 heteroatoms. The van der Waals surface area contributed by atoms with Gasteiger partial charge in [-0.3, -0.25) is 4.79 Å². The van der Waals surface area contributed by atoms with E-state index in [4.69, 9.17) is 19.1 Å². The van der Waals surface area contributed by atoms with Crippen molar-refractivity contribution < 1.29 is 13.9 Å². The lowest BCUT2D eigenvalue weighted by atomic mass is 10.2. The van der Waals surface area contributed by atoms with Crippen LogP contribution in [0.2, 0.25) is 0 Å². The van der Waals surface area contributed by atoms with E-state index in [0.29, 0.717) is 25.5 Å². The number of carbonyl (C=O) groups is 1. The van der Waals surface area contributed by atoms with Crippen LogP contribution in [0.15, 0.2) is 41.0 Å². The molecule has 3 heterocycles. The first-order valence-electron chi connectivity index (χ1n) is 10.1. The van der Waals surface area contributed by atoms with E-state index in [1.165, 1.54) is 0 Å². The van der Waals surface area contributed by atoms with Gasteiger partial charge in [-0.15, -0.1) is 0 Å². The van der Waals surface area contributed by atoms with Crippen LogP contribution in [0.1, 0.15) is 31.2 Å². The van der Waals surface area contributed by atoms with Crippen LogP contribution >= 0.6 is 0 Å². The maximum Gasteiger partial charge on any atom is 0.242 e. The maximum atomic E-state index is 12.8. The molecule has 0 saturated carbocycles. The second-order valence-electron chi connectivity index (χ2n) is 7.19. The van der Waals surface area contributed by atoms with E-state index in [2.05, 4.69) is 5.32 Å². The summed E-state index contributed by atoms with van der Waals surface area (Å²) < 4.78 is 10.9. The highest BCUT2D eigenvalue weighted by molar-refractivity contribution is 5.87. The molecule has 1 aliphatic heterocycles. The molecule has 1 atom stereocenters. The largest absolute Gasteiger partial charge is 0.494 e. The van der Waals surface area contributed by atoms with Gasteiger partial charge in [0.15, 0.2) is 0 Å². The zero-order valence-corrected chi connectivity index (χ0v) is 16.9. The standard InChI is InChI=1S/C22H26N4O3/c1-3-28-17-8-9-19-18(14-17)15(2)24-22(25-19)26-12-4-7-20(26)21(27)23-11-10-16-6-5-13-29-16/h5-6,8-9,13-14,20H,3-4,7,10-12H2,1-2H3,(H,23,27). The Labute approximate surface area is 170 Å². The van der Waals surface area contributed by atoms with Gasteiger partial charge < -0.3 is 19.4 Å². The van der Waals surface area contributed by atoms with E-state index in [1.807, 2.05) is 49.1 Å². The molecule has 0 bridgehead atoms. The van der Waals surface area contributed by atoms with Gasteiger partial charge in [-0.1, -0.05) is 0 Å². The summed E-state index contributed by atoms with van der Waals surface area (Å²) in [5, 5.41) is 3.99. The summed E-state index contributed by atoms with van der Waals surface area (Å²) in [5.41, 5.74) is 1.75. The monoisotopic (exact) mass is 394 g/mol. The molecule has 1 N–H and O–H groups in total. The van der Waals surface area contributed by atoms with Crippen LogP contribution in [0.25, 0.3) is 10.9 Å². The van der Waals surface area contributed by atoms with Gasteiger partial charge >= 0.3 is 0 Å². The number of benzene rings is 1. The number of amides is 1. The molecule has 7 nitrogen and oxygen atoms in total. The lowest BCUT2D eigenvalue weighted by molar-refractivity contribution is -0.122. The number of hydrogen-bond donors (Lipinski definition) is 1. The molecule has 1 amide bonds. The molecule has 1 fully saturated rings. The Morgan fingerprint density at radius 2 is 2.24 bits per heavy atom. The quantitative estimate of drug-likeness (QED) is 0.663. The van der Waals surface area contributed by atoms with E-state index in [0.717, 1.165) is 47.5 Å². The van der Waals surface area contributed by atoms with Gasteiger partial charge in [-0.05, 0) is 57.0 Å². The third-order valence-corrected chi connectivity index (χ3v) is 5.22. The molecule has 0 aliphatic carbocycles. The molecule has 0 spiro atoms. The van der Waals surface area contributed by atoms with Crippen molar-refractivity contribution in [3.63, 3.8) is 0 Å². The topological polar surface area (TPSA) is 80.5 Å². The van der Waals surface area contributed by atoms with Gasteiger partial charge in [0.1, 0.15) is 17.6 Å². The second-order valence-corrected chi connectivity index (χ2v) is 7.19. The molecule has 1 unspecified atom stereocenters. The summed E-state index contributed by atoms with van der Waals surface area (Å²) in [6.07, 6.45) is 4.07. The van der Waals surface area contributed by atoms with E-state index in [9.17, 15) is 4.79 Å². The number of rotatable bonds is 7. The Morgan fingerprint density at radius 3 is 3.03 bits per heavy atom. The Balaban J connectivity index is 1.49. The number of aryl methyl sites for hydroxylation is 1. The van der Waals surface area contributed by atoms with Crippen molar-refractivity contribution in [3.8, 4) is 5.75 Å². The second kappa shape index (κ2) is 8.51. The smallest absolute Gasteiger partial charge is 0.242 e. The van der Waals surface area contributed by atoms with E-state index in [-0.39, 0.29) is 11.9 Å². The number of nitrogens with zero attached hydrogens (tertiary/aromatic N) is 3. The first-order chi connectivity index (χ1) is 14.2. The number of carbonyl (C=O) groups excluding carboxylic acids is 1. The van der Waals surface area contributed by atoms with Crippen molar-refractivity contribution in [2.45, 2.75) is 39.2 Å². The average molecular weight is 394 g/mol. The number of anilines is 1. The van der Waals surface area contributed by atoms with Gasteiger partial charge in [-0.25, -0.2) is 9.97 Å². The number of furan rings is 1. The average Bonchev–Trinajstić information content (AvgIpc) is 3.40. The minimum absolute atomic E-state index is 0.0158. The fourth-order valence-corrected chi connectivity index (χ4v) is 3.79. The normalized spacial score (nSPS) is 16.3. The Kier molecular flexibility index (Phi) is 5.64. The summed E-state index contributed by atoms with van der Waals surface area (Å²) in [7, 11) is 0. The SMILES string of the molecule is CCOc1ccc2nc(N3CCCC3C(=O)NCCc3ccco3)nc(C)c2c1. The first kappa shape index (κ1) is 19.2. The van der Waals surface area contributed by atoms with Gasteiger partial charge in [0.05, 0.1) is 24.1 Å². The van der Waals surface area contributed by atoms with Crippen molar-refractivity contribution in [2.24, 2.45) is 0 Å². The van der Waals surface area contributed by atoms with Crippen LogP contribution < -0.4 is 15.0 Å². The van der Waals surface area contributed by atoms with Crippen LogP contribution in [0.3, 0.4) is 0 Å². The van der Waals surface area contributed by atoms with Gasteiger partial charge in [0.25, 0.3) is 0 Å². The molecule has 0 radical (unpaired) electrons. The molecular formula is C22H26N4O3. The Morgan fingerprint density at radius 1 is 1.34 bits per heavy atom. The first-order valence-corrected chi connectivity index (χ1v) is 10.1. The van der Waals surface area contributed by atoms with Gasteiger partial charge in [0.2, 0.25) is 11.9 Å². The number of nitrogens with one attached hydrogen (secondary N) is 1. The van der Waals surface area contributed by atoms with E-state index < -0.39 is 0 Å². The van der Waals surface area contributed by atoms with Crippen LogP contribution in [-0.2, 0) is 11.2 Å². The van der Waals surface area contributed by atoms with E-state index >= 15 is 0 Å². The van der Waals surface area contributed by atoms with Gasteiger partial charge in [0, 0.05) is 24.9 Å². The fraction of sp³-hybridized carbons (Fsp3) is 0.409. The third-order valence-electron chi connectivity index (χ3n) is 5.22. The minimum Gasteiger partial charge on any atom is -0.494 e. The Hall–Kier alpha value is -3.09. The molecule has 1 aliphatic rings. The molecule has 152 valence electrons. The van der Waals surface area contributed by atoms with Crippen LogP contribution in [-0.4, -0.2) is 41.6 Å². The van der Waals surface area contributed by atoms with Gasteiger partial charge in [-0.2, -0.15) is 0 Å². The van der Waals surface area contributed by atoms with Crippen molar-refractivity contribution in [1.82, 2.24) is 15.3 Å². The molecule has 4 rings (SSSR count). The lowest BCUT2D eigenvalue weighted by Crippen LogP contribution is -2.44. The summed E-state index contributed by atoms with van der Waals surface area (Å²) in [6.45, 7) is 5.88. The lowest BCUT2D eigenvalue weighted by Gasteiger charge is -2.24. The molecule has 1 aromatic carbocycles. The number of hydrogen-bond acceptors (Lipinski definition) is 6. The van der Waals surface area contributed by atoms with Crippen LogP contribution in [0, 0.1) is 6.92 Å². The zero-order chi connectivity index (χ0) is 20.2. The predicted molar refractivity (Wildman–Crippen MR) is 111 cm³/mol. The number of ether oxygens (including phenoxy) is 1. The van der Waals surface area contributed by atoms with Crippen molar-refractivity contribution in [1.29, 1.82) is 0 Å². The molecule has 1 saturated heterocycles. The highest BCUT2D eigenvalue weighted by Gasteiger charge is 2.32. The summed E-state index contributed by atoms with van der Waals surface area (Å²) in [6, 6.07) is 9.37. The van der Waals surface area contributed by atoms with Crippen LogP contribution in [0.4, 0.5) is 5.95 Å². The fourth-order valence-electron chi connectivity index (χ4n) is 3.79. The maximum absolute atomic E-state index is 12.8. The van der Waals surface area contributed by atoms with Crippen molar-refractivity contribution in [2.75, 3.05) is 24.6 Å². The number of fused-ring (bicyclic) bond motifs is 1. The molecule has 3 aromatic rings. The van der Waals surface area contributed by atoms with E-state index in [1.54, 1.807) is 6.26 Å². The molecule has 29 heavy (non-hydrogen) atoms. The summed E-state index contributed by atoms with van der Waals surface area (Å²) >= 11 is 0. The molecule has 2 aromatic heterocycles. The summed E-state index contributed by atoms with van der Waals surface area (Å²) in [5.74, 6) is 2.31. The summed E-state index contributed by atoms with van der Waals surface area (Å²) in [4.78, 5) is 24.2. The van der Waals surface area contributed by atoms with Crippen molar-refractivity contribution >= 4 is 22.8 Å². The van der Waals surface area contributed by atoms with Crippen LogP contribution in [0.5, 0.6) is 5.75 Å². The van der Waals surface area contributed by atoms with Crippen molar-refractivity contribution in [3.05, 3.63) is 48.0 Å².